The van der Waals surface area contributed by atoms with Crippen molar-refractivity contribution < 1.29 is 9.47 Å². The predicted octanol–water partition coefficient (Wildman–Crippen LogP) is 2.84. The second-order valence-electron chi connectivity index (χ2n) is 7.31. The Morgan fingerprint density at radius 1 is 1.38 bits per heavy atom. The van der Waals surface area contributed by atoms with E-state index in [1.807, 2.05) is 18.3 Å². The smallest absolute Gasteiger partial charge is 0.213 e. The van der Waals surface area contributed by atoms with Crippen LogP contribution in [0.5, 0.6) is 5.88 Å². The number of aliphatic imine (C=N–C) groups is 1. The lowest BCUT2D eigenvalue weighted by molar-refractivity contribution is 0.181. The van der Waals surface area contributed by atoms with Crippen molar-refractivity contribution in [3.63, 3.8) is 0 Å². The van der Waals surface area contributed by atoms with Crippen LogP contribution in [0, 0.1) is 5.92 Å². The number of guanidine groups is 1. The van der Waals surface area contributed by atoms with E-state index in [0.29, 0.717) is 18.6 Å². The van der Waals surface area contributed by atoms with Gasteiger partial charge in [-0.05, 0) is 50.7 Å². The van der Waals surface area contributed by atoms with Crippen LogP contribution in [-0.2, 0) is 11.3 Å². The number of hydrogen-bond acceptors (Lipinski definition) is 4. The van der Waals surface area contributed by atoms with E-state index in [-0.39, 0.29) is 0 Å². The zero-order valence-electron chi connectivity index (χ0n) is 16.1. The van der Waals surface area contributed by atoms with Crippen molar-refractivity contribution in [3.8, 4) is 5.88 Å². The Bertz CT molecular complexity index is 581. The van der Waals surface area contributed by atoms with E-state index in [4.69, 9.17) is 14.5 Å². The Hall–Kier alpha value is -1.82. The molecule has 1 aromatic rings. The van der Waals surface area contributed by atoms with Crippen LogP contribution in [0.25, 0.3) is 0 Å². The van der Waals surface area contributed by atoms with Gasteiger partial charge in [0.25, 0.3) is 0 Å². The summed E-state index contributed by atoms with van der Waals surface area (Å²) in [6.45, 7) is 6.29. The van der Waals surface area contributed by atoms with Gasteiger partial charge in [0.15, 0.2) is 5.96 Å². The first kappa shape index (κ1) is 19.0. The number of rotatable bonds is 7. The van der Waals surface area contributed by atoms with E-state index < -0.39 is 0 Å². The molecule has 1 unspecified atom stereocenters. The molecule has 1 saturated heterocycles. The first-order valence-electron chi connectivity index (χ1n) is 9.93. The third-order valence-corrected chi connectivity index (χ3v) is 5.05. The molecule has 0 amide bonds. The van der Waals surface area contributed by atoms with Gasteiger partial charge in [0.1, 0.15) is 6.10 Å². The molecule has 1 saturated carbocycles. The molecule has 1 aliphatic heterocycles. The molecular formula is C20H32N4O2. The quantitative estimate of drug-likeness (QED) is 0.598. The van der Waals surface area contributed by atoms with Gasteiger partial charge >= 0.3 is 0 Å². The zero-order chi connectivity index (χ0) is 18.2. The van der Waals surface area contributed by atoms with Crippen molar-refractivity contribution >= 4 is 5.96 Å². The van der Waals surface area contributed by atoms with E-state index in [9.17, 15) is 0 Å². The Kier molecular flexibility index (Phi) is 7.12. The maximum Gasteiger partial charge on any atom is 0.213 e. The van der Waals surface area contributed by atoms with Crippen molar-refractivity contribution in [3.05, 3.63) is 23.9 Å². The molecule has 2 fully saturated rings. The molecule has 0 radical (unpaired) electrons. The van der Waals surface area contributed by atoms with Gasteiger partial charge in [-0.15, -0.1) is 0 Å². The molecule has 3 rings (SSSR count). The lowest BCUT2D eigenvalue weighted by Gasteiger charge is -2.24. The summed E-state index contributed by atoms with van der Waals surface area (Å²) in [5.41, 5.74) is 1.13. The minimum Gasteiger partial charge on any atom is -0.474 e. The van der Waals surface area contributed by atoms with E-state index in [0.717, 1.165) is 63.0 Å². The summed E-state index contributed by atoms with van der Waals surface area (Å²) in [7, 11) is 2.10. The van der Waals surface area contributed by atoms with Gasteiger partial charge in [-0.1, -0.05) is 0 Å². The maximum atomic E-state index is 6.01. The molecule has 1 atom stereocenters. The average molecular weight is 361 g/mol. The fraction of sp³-hybridized carbons (Fsp3) is 0.700. The summed E-state index contributed by atoms with van der Waals surface area (Å²) in [4.78, 5) is 11.4. The molecule has 1 N–H and O–H groups in total. The molecule has 26 heavy (non-hydrogen) atoms. The van der Waals surface area contributed by atoms with E-state index in [1.54, 1.807) is 0 Å². The summed E-state index contributed by atoms with van der Waals surface area (Å²) in [6, 6.07) is 4.04. The van der Waals surface area contributed by atoms with Crippen LogP contribution < -0.4 is 10.1 Å². The lowest BCUT2D eigenvalue weighted by atomic mass is 10.1. The van der Waals surface area contributed by atoms with E-state index >= 15 is 0 Å². The Labute approximate surface area is 157 Å². The van der Waals surface area contributed by atoms with E-state index in [1.165, 1.54) is 12.8 Å². The summed E-state index contributed by atoms with van der Waals surface area (Å²) >= 11 is 0. The second-order valence-corrected chi connectivity index (χ2v) is 7.31. The normalized spacial score (nSPS) is 21.2. The van der Waals surface area contributed by atoms with Crippen LogP contribution in [0.4, 0.5) is 0 Å². The predicted molar refractivity (Wildman–Crippen MR) is 103 cm³/mol. The van der Waals surface area contributed by atoms with Gasteiger partial charge in [-0.2, -0.15) is 0 Å². The minimum atomic E-state index is 0.332. The van der Waals surface area contributed by atoms with Gasteiger partial charge in [0, 0.05) is 44.9 Å². The molecule has 1 aliphatic carbocycles. The number of pyridine rings is 1. The van der Waals surface area contributed by atoms with Gasteiger partial charge in [0.05, 0.1) is 13.2 Å². The molecule has 6 nitrogen and oxygen atoms in total. The molecule has 0 bridgehead atoms. The second kappa shape index (κ2) is 9.76. The summed E-state index contributed by atoms with van der Waals surface area (Å²) in [5, 5.41) is 3.39. The molecule has 0 aromatic carbocycles. The maximum absolute atomic E-state index is 6.01. The van der Waals surface area contributed by atoms with Crippen molar-refractivity contribution in [2.45, 2.75) is 51.7 Å². The number of nitrogens with zero attached hydrogens (tertiary/aromatic N) is 3. The highest BCUT2D eigenvalue weighted by Crippen LogP contribution is 2.23. The molecule has 6 heteroatoms. The first-order valence-corrected chi connectivity index (χ1v) is 9.93. The number of aromatic nitrogens is 1. The molecule has 2 aliphatic rings. The fourth-order valence-corrected chi connectivity index (χ4v) is 3.63. The van der Waals surface area contributed by atoms with Crippen LogP contribution in [-0.4, -0.2) is 55.3 Å². The Balaban J connectivity index is 1.59. The van der Waals surface area contributed by atoms with Gasteiger partial charge in [0.2, 0.25) is 5.88 Å². The standard InChI is InChI=1S/C20H32N4O2/c1-3-21-20(24(2)14-17-9-11-25-15-17)23-13-16-8-10-22-19(12-16)26-18-6-4-5-7-18/h8,10,12,17-18H,3-7,9,11,13-15H2,1-2H3,(H,21,23). The molecule has 1 aromatic heterocycles. The third kappa shape index (κ3) is 5.59. The van der Waals surface area contributed by atoms with Crippen LogP contribution in [0.2, 0.25) is 0 Å². The fourth-order valence-electron chi connectivity index (χ4n) is 3.63. The summed E-state index contributed by atoms with van der Waals surface area (Å²) < 4.78 is 11.5. The zero-order valence-corrected chi connectivity index (χ0v) is 16.1. The molecular weight excluding hydrogens is 328 g/mol. The van der Waals surface area contributed by atoms with Crippen LogP contribution in [0.1, 0.15) is 44.6 Å². The van der Waals surface area contributed by atoms with Crippen molar-refractivity contribution in [1.82, 2.24) is 15.2 Å². The van der Waals surface area contributed by atoms with E-state index in [2.05, 4.69) is 29.2 Å². The topological polar surface area (TPSA) is 59.0 Å². The highest BCUT2D eigenvalue weighted by Gasteiger charge is 2.19. The number of nitrogens with one attached hydrogen (secondary N) is 1. The van der Waals surface area contributed by atoms with Crippen LogP contribution >= 0.6 is 0 Å². The van der Waals surface area contributed by atoms with Gasteiger partial charge in [-0.3, -0.25) is 0 Å². The monoisotopic (exact) mass is 360 g/mol. The van der Waals surface area contributed by atoms with Crippen molar-refractivity contribution in [2.24, 2.45) is 10.9 Å². The Morgan fingerprint density at radius 2 is 2.23 bits per heavy atom. The highest BCUT2D eigenvalue weighted by molar-refractivity contribution is 5.79. The number of ether oxygens (including phenoxy) is 2. The summed E-state index contributed by atoms with van der Waals surface area (Å²) in [6.07, 6.45) is 8.10. The highest BCUT2D eigenvalue weighted by atomic mass is 16.5. The van der Waals surface area contributed by atoms with Crippen LogP contribution in [0.15, 0.2) is 23.3 Å². The van der Waals surface area contributed by atoms with Crippen molar-refractivity contribution in [1.29, 1.82) is 0 Å². The molecule has 144 valence electrons. The number of hydrogen-bond donors (Lipinski definition) is 1. The van der Waals surface area contributed by atoms with Crippen molar-refractivity contribution in [2.75, 3.05) is 33.4 Å². The van der Waals surface area contributed by atoms with Gasteiger partial charge < -0.3 is 19.7 Å². The van der Waals surface area contributed by atoms with Crippen LogP contribution in [0.3, 0.4) is 0 Å². The first-order chi connectivity index (χ1) is 12.7. The third-order valence-electron chi connectivity index (χ3n) is 5.05. The minimum absolute atomic E-state index is 0.332. The molecule has 2 heterocycles. The Morgan fingerprint density at radius 3 is 2.96 bits per heavy atom. The summed E-state index contributed by atoms with van der Waals surface area (Å²) in [5.74, 6) is 2.26. The molecule has 0 spiro atoms. The average Bonchev–Trinajstić information content (AvgIpc) is 3.33. The largest absolute Gasteiger partial charge is 0.474 e. The SMILES string of the molecule is CCNC(=NCc1ccnc(OC2CCCC2)c1)N(C)CC1CCOC1. The van der Waals surface area contributed by atoms with Gasteiger partial charge in [-0.25, -0.2) is 9.98 Å². The lowest BCUT2D eigenvalue weighted by Crippen LogP contribution is -2.41.